The Morgan fingerprint density at radius 3 is 2.61 bits per heavy atom. The second-order valence-electron chi connectivity index (χ2n) is 9.60. The SMILES string of the molecule is CC(C)(C)OC(=O)NC(CC(=O)OCC#Cc1cn(C2CC(O)C(CO)O2)c(=O)[nH]c1=O)c1ccccc1. The van der Waals surface area contributed by atoms with Gasteiger partial charge in [0, 0.05) is 12.6 Å². The molecule has 4 N–H and O–H groups in total. The van der Waals surface area contributed by atoms with Gasteiger partial charge in [-0.15, -0.1) is 0 Å². The van der Waals surface area contributed by atoms with Gasteiger partial charge in [-0.25, -0.2) is 9.59 Å². The number of carbonyl (C=O) groups is 2. The van der Waals surface area contributed by atoms with Crippen molar-refractivity contribution in [3.63, 3.8) is 0 Å². The molecule has 1 fully saturated rings. The first kappa shape index (κ1) is 28.6. The van der Waals surface area contributed by atoms with Gasteiger partial charge in [0.2, 0.25) is 0 Å². The molecule has 0 aliphatic carbocycles. The van der Waals surface area contributed by atoms with Crippen LogP contribution in [0.3, 0.4) is 0 Å². The van der Waals surface area contributed by atoms with Crippen molar-refractivity contribution in [1.82, 2.24) is 14.9 Å². The van der Waals surface area contributed by atoms with Gasteiger partial charge in [-0.05, 0) is 26.3 Å². The topological polar surface area (TPSA) is 169 Å². The molecule has 0 radical (unpaired) electrons. The summed E-state index contributed by atoms with van der Waals surface area (Å²) in [6, 6.07) is 8.15. The molecule has 4 unspecified atom stereocenters. The van der Waals surface area contributed by atoms with E-state index in [2.05, 4.69) is 22.1 Å². The number of benzene rings is 1. The Morgan fingerprint density at radius 1 is 1.26 bits per heavy atom. The smallest absolute Gasteiger partial charge is 0.408 e. The van der Waals surface area contributed by atoms with Gasteiger partial charge in [-0.2, -0.15) is 0 Å². The standard InChI is InChI=1S/C26H31N3O9/c1-26(2,3)38-25(35)27-18(16-8-5-4-6-9-16)12-22(32)36-11-7-10-17-14-29(24(34)28-23(17)33)21-13-19(31)20(15-30)37-21/h4-6,8-9,14,18-21,30-31H,11-13,15H2,1-3H3,(H,27,35)(H,28,33,34). The zero-order valence-electron chi connectivity index (χ0n) is 21.3. The van der Waals surface area contributed by atoms with Gasteiger partial charge in [0.1, 0.15) is 23.5 Å². The van der Waals surface area contributed by atoms with E-state index in [1.807, 2.05) is 0 Å². The van der Waals surface area contributed by atoms with Gasteiger partial charge in [-0.3, -0.25) is 19.1 Å². The van der Waals surface area contributed by atoms with E-state index in [9.17, 15) is 29.4 Å². The summed E-state index contributed by atoms with van der Waals surface area (Å²) in [4.78, 5) is 51.2. The molecule has 4 atom stereocenters. The lowest BCUT2D eigenvalue weighted by atomic mass is 10.0. The summed E-state index contributed by atoms with van der Waals surface area (Å²) in [6.07, 6.45) is -2.36. The third kappa shape index (κ3) is 8.04. The van der Waals surface area contributed by atoms with E-state index in [0.29, 0.717) is 5.56 Å². The minimum atomic E-state index is -0.970. The predicted molar refractivity (Wildman–Crippen MR) is 134 cm³/mol. The number of ether oxygens (including phenoxy) is 3. The highest BCUT2D eigenvalue weighted by atomic mass is 16.6. The number of aromatic nitrogens is 2. The first-order chi connectivity index (χ1) is 18.0. The molecule has 12 nitrogen and oxygen atoms in total. The zero-order chi connectivity index (χ0) is 27.9. The van der Waals surface area contributed by atoms with Crippen molar-refractivity contribution in [1.29, 1.82) is 0 Å². The number of hydrogen-bond donors (Lipinski definition) is 4. The van der Waals surface area contributed by atoms with E-state index in [4.69, 9.17) is 14.2 Å². The maximum atomic E-state index is 12.5. The fourth-order valence-electron chi connectivity index (χ4n) is 3.70. The Morgan fingerprint density at radius 2 is 1.97 bits per heavy atom. The molecule has 1 aromatic heterocycles. The van der Waals surface area contributed by atoms with Gasteiger partial charge in [0.15, 0.2) is 6.61 Å². The molecule has 204 valence electrons. The highest BCUT2D eigenvalue weighted by molar-refractivity contribution is 5.73. The molecule has 1 amide bonds. The van der Waals surface area contributed by atoms with Crippen LogP contribution in [0.5, 0.6) is 0 Å². The second-order valence-corrected chi connectivity index (χ2v) is 9.60. The molecule has 1 saturated heterocycles. The molecule has 3 rings (SSSR count). The van der Waals surface area contributed by atoms with Crippen molar-refractivity contribution < 1.29 is 34.0 Å². The first-order valence-electron chi connectivity index (χ1n) is 12.0. The molecular weight excluding hydrogens is 498 g/mol. The Bertz CT molecular complexity index is 1300. The molecular formula is C26H31N3O9. The lowest BCUT2D eigenvalue weighted by Gasteiger charge is -2.23. The Kier molecular flexibility index (Phi) is 9.46. The van der Waals surface area contributed by atoms with Crippen LogP contribution in [-0.4, -0.2) is 62.8 Å². The van der Waals surface area contributed by atoms with Gasteiger partial charge >= 0.3 is 17.8 Å². The van der Waals surface area contributed by atoms with Crippen LogP contribution in [0.15, 0.2) is 46.1 Å². The van der Waals surface area contributed by atoms with Crippen molar-refractivity contribution in [3.05, 3.63) is 68.5 Å². The summed E-state index contributed by atoms with van der Waals surface area (Å²) in [5.41, 5.74) is -1.62. The highest BCUT2D eigenvalue weighted by Crippen LogP contribution is 2.27. The predicted octanol–water partition coefficient (Wildman–Crippen LogP) is 0.728. The number of hydrogen-bond acceptors (Lipinski definition) is 9. The van der Waals surface area contributed by atoms with Crippen LogP contribution in [0, 0.1) is 11.8 Å². The van der Waals surface area contributed by atoms with Crippen LogP contribution in [-0.2, 0) is 19.0 Å². The molecule has 2 heterocycles. The summed E-state index contributed by atoms with van der Waals surface area (Å²) in [6.45, 7) is 4.40. The Hall–Kier alpha value is -3.92. The van der Waals surface area contributed by atoms with E-state index >= 15 is 0 Å². The molecule has 0 bridgehead atoms. The number of amides is 1. The average Bonchev–Trinajstić information content (AvgIpc) is 3.22. The number of rotatable bonds is 7. The van der Waals surface area contributed by atoms with E-state index in [1.165, 1.54) is 6.20 Å². The van der Waals surface area contributed by atoms with Crippen LogP contribution < -0.4 is 16.6 Å². The number of nitrogens with one attached hydrogen (secondary N) is 2. The number of carbonyl (C=O) groups excluding carboxylic acids is 2. The summed E-state index contributed by atoms with van der Waals surface area (Å²) >= 11 is 0. The molecule has 38 heavy (non-hydrogen) atoms. The molecule has 2 aromatic rings. The summed E-state index contributed by atoms with van der Waals surface area (Å²) in [5.74, 6) is 4.46. The van der Waals surface area contributed by atoms with E-state index in [0.717, 1.165) is 4.57 Å². The van der Waals surface area contributed by atoms with Gasteiger partial charge in [0.25, 0.3) is 5.56 Å². The number of aliphatic hydroxyl groups is 2. The summed E-state index contributed by atoms with van der Waals surface area (Å²) in [7, 11) is 0. The lowest BCUT2D eigenvalue weighted by molar-refractivity contribution is -0.142. The van der Waals surface area contributed by atoms with E-state index < -0.39 is 60.0 Å². The number of nitrogens with zero attached hydrogens (tertiary/aromatic N) is 1. The van der Waals surface area contributed by atoms with E-state index in [-0.39, 0.29) is 25.0 Å². The van der Waals surface area contributed by atoms with Crippen molar-refractivity contribution >= 4 is 12.1 Å². The third-order valence-corrected chi connectivity index (χ3v) is 5.45. The maximum absolute atomic E-state index is 12.5. The van der Waals surface area contributed by atoms with Crippen molar-refractivity contribution in [2.75, 3.05) is 13.2 Å². The van der Waals surface area contributed by atoms with Crippen LogP contribution in [0.1, 0.15) is 57.0 Å². The molecule has 1 aromatic carbocycles. The number of aromatic amines is 1. The summed E-state index contributed by atoms with van der Waals surface area (Å²) in [5, 5.41) is 21.8. The molecule has 1 aliphatic rings. The third-order valence-electron chi connectivity index (χ3n) is 5.45. The lowest BCUT2D eigenvalue weighted by Crippen LogP contribution is -2.36. The second kappa shape index (κ2) is 12.6. The van der Waals surface area contributed by atoms with Gasteiger partial charge < -0.3 is 29.7 Å². The quantitative estimate of drug-likeness (QED) is 0.298. The van der Waals surface area contributed by atoms with Crippen LogP contribution in [0.2, 0.25) is 0 Å². The number of esters is 1. The van der Waals surface area contributed by atoms with E-state index in [1.54, 1.807) is 51.1 Å². The summed E-state index contributed by atoms with van der Waals surface area (Å²) < 4.78 is 17.0. The first-order valence-corrected chi connectivity index (χ1v) is 12.0. The number of H-pyrrole nitrogens is 1. The Labute approximate surface area is 218 Å². The Balaban J connectivity index is 1.64. The largest absolute Gasteiger partial charge is 0.452 e. The van der Waals surface area contributed by atoms with Gasteiger partial charge in [0.05, 0.1) is 25.2 Å². The number of alkyl carbamates (subject to hydrolysis) is 1. The fourth-order valence-corrected chi connectivity index (χ4v) is 3.70. The van der Waals surface area contributed by atoms with Crippen LogP contribution >= 0.6 is 0 Å². The minimum Gasteiger partial charge on any atom is -0.452 e. The van der Waals surface area contributed by atoms with Crippen molar-refractivity contribution in [2.45, 2.75) is 63.7 Å². The van der Waals surface area contributed by atoms with Crippen molar-refractivity contribution in [3.8, 4) is 11.8 Å². The monoisotopic (exact) mass is 529 g/mol. The van der Waals surface area contributed by atoms with Gasteiger partial charge in [-0.1, -0.05) is 42.2 Å². The van der Waals surface area contributed by atoms with Crippen LogP contribution in [0.4, 0.5) is 4.79 Å². The normalized spacial score (nSPS) is 19.7. The fraction of sp³-hybridized carbons (Fsp3) is 0.462. The number of aliphatic hydroxyl groups excluding tert-OH is 2. The molecule has 0 saturated carbocycles. The molecule has 1 aliphatic heterocycles. The average molecular weight is 530 g/mol. The molecule has 0 spiro atoms. The minimum absolute atomic E-state index is 0.0432. The van der Waals surface area contributed by atoms with Crippen molar-refractivity contribution in [2.24, 2.45) is 0 Å². The zero-order valence-corrected chi connectivity index (χ0v) is 21.3. The highest BCUT2D eigenvalue weighted by Gasteiger charge is 2.35. The van der Waals surface area contributed by atoms with Crippen LogP contribution in [0.25, 0.3) is 0 Å². The maximum Gasteiger partial charge on any atom is 0.408 e. The molecule has 12 heteroatoms.